The minimum Gasteiger partial charge on any atom is -0.493 e. The Morgan fingerprint density at radius 2 is 2.00 bits per heavy atom. The minimum atomic E-state index is -0.116. The Labute approximate surface area is 183 Å². The van der Waals surface area contributed by atoms with Crippen LogP contribution in [0.25, 0.3) is 23.1 Å². The summed E-state index contributed by atoms with van der Waals surface area (Å²) in [6.07, 6.45) is 3.55. The largest absolute Gasteiger partial charge is 0.493 e. The summed E-state index contributed by atoms with van der Waals surface area (Å²) in [4.78, 5) is 20.7. The van der Waals surface area contributed by atoms with Crippen molar-refractivity contribution in [3.8, 4) is 34.6 Å². The third kappa shape index (κ3) is 4.89. The zero-order chi connectivity index (χ0) is 22.3. The number of hydrogen-bond donors (Lipinski definition) is 1. The zero-order valence-electron chi connectivity index (χ0n) is 17.6. The van der Waals surface area contributed by atoms with Gasteiger partial charge in [-0.3, -0.25) is 9.78 Å². The van der Waals surface area contributed by atoms with Crippen LogP contribution in [0.4, 0.5) is 0 Å². The second-order valence-electron chi connectivity index (χ2n) is 6.72. The average molecular weight is 435 g/mol. The van der Waals surface area contributed by atoms with Crippen molar-refractivity contribution in [2.24, 2.45) is 0 Å². The number of methoxy groups -OCH3 is 2. The fourth-order valence-corrected chi connectivity index (χ4v) is 2.98. The number of ether oxygens (including phenoxy) is 2. The molecule has 3 aromatic heterocycles. The van der Waals surface area contributed by atoms with Crippen molar-refractivity contribution in [2.45, 2.75) is 13.0 Å². The molecular weight excluding hydrogens is 414 g/mol. The molecule has 0 unspecified atom stereocenters. The molecule has 0 aliphatic rings. The van der Waals surface area contributed by atoms with Gasteiger partial charge < -0.3 is 19.3 Å². The van der Waals surface area contributed by atoms with Gasteiger partial charge in [0.1, 0.15) is 5.69 Å². The summed E-state index contributed by atoms with van der Waals surface area (Å²) in [7, 11) is 3.12. The van der Waals surface area contributed by atoms with E-state index < -0.39 is 0 Å². The molecule has 0 bridgehead atoms. The molecule has 0 spiro atoms. The lowest BCUT2D eigenvalue weighted by Crippen LogP contribution is -2.28. The first-order chi connectivity index (χ1) is 15.7. The van der Waals surface area contributed by atoms with Crippen molar-refractivity contribution in [3.63, 3.8) is 0 Å². The highest BCUT2D eigenvalue weighted by Crippen LogP contribution is 2.27. The number of amides is 1. The van der Waals surface area contributed by atoms with Crippen LogP contribution in [0, 0.1) is 0 Å². The van der Waals surface area contributed by atoms with Crippen LogP contribution in [-0.4, -0.2) is 56.8 Å². The third-order valence-electron chi connectivity index (χ3n) is 4.55. The molecule has 3 heterocycles. The van der Waals surface area contributed by atoms with Gasteiger partial charge in [0.05, 0.1) is 33.4 Å². The average Bonchev–Trinajstić information content (AvgIpc) is 3.49. The highest BCUT2D eigenvalue weighted by Gasteiger charge is 2.15. The first-order valence-electron chi connectivity index (χ1n) is 9.79. The normalized spacial score (nSPS) is 10.7. The quantitative estimate of drug-likeness (QED) is 0.418. The molecule has 0 saturated heterocycles. The molecule has 1 N–H and O–H groups in total. The molecule has 0 aliphatic carbocycles. The van der Waals surface area contributed by atoms with Crippen LogP contribution in [0.5, 0.6) is 11.5 Å². The summed E-state index contributed by atoms with van der Waals surface area (Å²) in [5, 5.41) is 14.9. The maximum Gasteiger partial charge on any atom is 0.280 e. The molecule has 4 aromatic rings. The number of carbonyl (C=O) groups excluding carboxylic acids is 1. The predicted molar refractivity (Wildman–Crippen MR) is 113 cm³/mol. The summed E-state index contributed by atoms with van der Waals surface area (Å²) in [5.74, 6) is 1.70. The lowest BCUT2D eigenvalue weighted by Gasteiger charge is -2.10. The van der Waals surface area contributed by atoms with Crippen molar-refractivity contribution >= 4 is 5.91 Å². The molecule has 164 valence electrons. The number of hydrogen-bond acceptors (Lipinski definition) is 9. The predicted octanol–water partition coefficient (Wildman–Crippen LogP) is 1.77. The Hall–Kier alpha value is -4.28. The number of nitrogens with zero attached hydrogens (tertiary/aromatic N) is 6. The van der Waals surface area contributed by atoms with Gasteiger partial charge in [-0.05, 0) is 29.8 Å². The Morgan fingerprint density at radius 3 is 2.78 bits per heavy atom. The summed E-state index contributed by atoms with van der Waals surface area (Å²) >= 11 is 0. The standard InChI is InChI=1S/C21H21N7O4/c1-30-17-7-6-14(11-18(17)31-2)12-19(29)23-9-10-28-13-16(25-27-28)21-24-20(26-32-21)15-5-3-4-8-22-15/h3-8,11,13H,9-10,12H2,1-2H3,(H,23,29). The monoisotopic (exact) mass is 435 g/mol. The molecule has 1 aromatic carbocycles. The zero-order valence-corrected chi connectivity index (χ0v) is 17.6. The molecule has 0 atom stereocenters. The third-order valence-corrected chi connectivity index (χ3v) is 4.55. The van der Waals surface area contributed by atoms with Crippen molar-refractivity contribution in [2.75, 3.05) is 20.8 Å². The van der Waals surface area contributed by atoms with E-state index in [1.54, 1.807) is 49.5 Å². The van der Waals surface area contributed by atoms with Gasteiger partial charge in [0.15, 0.2) is 17.2 Å². The molecule has 0 saturated carbocycles. The van der Waals surface area contributed by atoms with Crippen molar-refractivity contribution in [1.29, 1.82) is 0 Å². The SMILES string of the molecule is COc1ccc(CC(=O)NCCn2cc(-c3nc(-c4ccccn4)no3)nn2)cc1OC. The van der Waals surface area contributed by atoms with Crippen LogP contribution in [0.1, 0.15) is 5.56 Å². The number of nitrogens with one attached hydrogen (secondary N) is 1. The Bertz CT molecular complexity index is 1190. The van der Waals surface area contributed by atoms with Gasteiger partial charge in [-0.2, -0.15) is 4.98 Å². The first-order valence-corrected chi connectivity index (χ1v) is 9.79. The van der Waals surface area contributed by atoms with Crippen LogP contribution in [0.3, 0.4) is 0 Å². The Morgan fingerprint density at radius 1 is 1.12 bits per heavy atom. The van der Waals surface area contributed by atoms with Crippen LogP contribution >= 0.6 is 0 Å². The maximum atomic E-state index is 12.3. The van der Waals surface area contributed by atoms with E-state index in [2.05, 4.69) is 30.8 Å². The Balaban J connectivity index is 1.29. The van der Waals surface area contributed by atoms with E-state index in [4.69, 9.17) is 14.0 Å². The Kier molecular flexibility index (Phi) is 6.35. The van der Waals surface area contributed by atoms with Gasteiger partial charge in [-0.25, -0.2) is 4.68 Å². The van der Waals surface area contributed by atoms with E-state index >= 15 is 0 Å². The van der Waals surface area contributed by atoms with Gasteiger partial charge in [0, 0.05) is 12.7 Å². The van der Waals surface area contributed by atoms with Gasteiger partial charge in [-0.15, -0.1) is 5.10 Å². The second kappa shape index (κ2) is 9.69. The minimum absolute atomic E-state index is 0.116. The molecule has 4 rings (SSSR count). The summed E-state index contributed by atoms with van der Waals surface area (Å²) in [6.45, 7) is 0.823. The van der Waals surface area contributed by atoms with E-state index in [1.807, 2.05) is 18.2 Å². The van der Waals surface area contributed by atoms with E-state index in [0.717, 1.165) is 5.56 Å². The lowest BCUT2D eigenvalue weighted by molar-refractivity contribution is -0.120. The van der Waals surface area contributed by atoms with Crippen molar-refractivity contribution in [1.82, 2.24) is 35.4 Å². The first kappa shape index (κ1) is 21.0. The van der Waals surface area contributed by atoms with Crippen LogP contribution in [0.15, 0.2) is 53.3 Å². The fourth-order valence-electron chi connectivity index (χ4n) is 2.98. The van der Waals surface area contributed by atoms with Gasteiger partial charge in [-0.1, -0.05) is 22.5 Å². The van der Waals surface area contributed by atoms with Crippen LogP contribution in [-0.2, 0) is 17.8 Å². The van der Waals surface area contributed by atoms with Gasteiger partial charge >= 0.3 is 0 Å². The molecular formula is C21H21N7O4. The molecule has 11 nitrogen and oxygen atoms in total. The van der Waals surface area contributed by atoms with E-state index in [9.17, 15) is 4.79 Å². The maximum absolute atomic E-state index is 12.3. The fraction of sp³-hybridized carbons (Fsp3) is 0.238. The van der Waals surface area contributed by atoms with Crippen LogP contribution in [0.2, 0.25) is 0 Å². The number of pyridine rings is 1. The molecule has 0 fully saturated rings. The molecule has 0 radical (unpaired) electrons. The summed E-state index contributed by atoms with van der Waals surface area (Å²) in [6, 6.07) is 10.8. The highest BCUT2D eigenvalue weighted by molar-refractivity contribution is 5.78. The van der Waals surface area contributed by atoms with Gasteiger partial charge in [0.2, 0.25) is 11.7 Å². The highest BCUT2D eigenvalue weighted by atomic mass is 16.5. The van der Waals surface area contributed by atoms with E-state index in [1.165, 1.54) is 0 Å². The van der Waals surface area contributed by atoms with E-state index in [-0.39, 0.29) is 18.2 Å². The topological polar surface area (TPSA) is 130 Å². The number of aromatic nitrogens is 6. The van der Waals surface area contributed by atoms with Gasteiger partial charge in [0.25, 0.3) is 5.89 Å². The number of rotatable bonds is 9. The molecule has 1 amide bonds. The lowest BCUT2D eigenvalue weighted by atomic mass is 10.1. The molecule has 32 heavy (non-hydrogen) atoms. The number of carbonyl (C=O) groups is 1. The second-order valence-corrected chi connectivity index (χ2v) is 6.72. The number of benzene rings is 1. The summed E-state index contributed by atoms with van der Waals surface area (Å²) < 4.78 is 17.3. The van der Waals surface area contributed by atoms with E-state index in [0.29, 0.717) is 41.8 Å². The summed E-state index contributed by atoms with van der Waals surface area (Å²) in [5.41, 5.74) is 1.87. The van der Waals surface area contributed by atoms with Crippen molar-refractivity contribution in [3.05, 3.63) is 54.4 Å². The van der Waals surface area contributed by atoms with Crippen LogP contribution < -0.4 is 14.8 Å². The molecule has 0 aliphatic heterocycles. The van der Waals surface area contributed by atoms with Crippen molar-refractivity contribution < 1.29 is 18.8 Å². The molecule has 11 heteroatoms. The smallest absolute Gasteiger partial charge is 0.280 e.